The van der Waals surface area contributed by atoms with Gasteiger partial charge in [0.2, 0.25) is 0 Å². The summed E-state index contributed by atoms with van der Waals surface area (Å²) < 4.78 is 34.2. The van der Waals surface area contributed by atoms with E-state index in [1.807, 2.05) is 24.3 Å². The number of sulfone groups is 1. The molecule has 0 saturated carbocycles. The first-order valence-corrected chi connectivity index (χ1v) is 9.58. The Hall–Kier alpha value is -1.27. The first-order valence-electron chi connectivity index (χ1n) is 7.76. The lowest BCUT2D eigenvalue weighted by atomic mass is 10.2. The smallest absolute Gasteiger partial charge is 0.161 e. The van der Waals surface area contributed by atoms with E-state index in [1.165, 1.54) is 0 Å². The summed E-state index contributed by atoms with van der Waals surface area (Å²) in [4.78, 5) is 2.25. The minimum Gasteiger partial charge on any atom is -0.493 e. The maximum atomic E-state index is 11.6. The number of ether oxygens (including phenoxy) is 2. The predicted molar refractivity (Wildman–Crippen MR) is 87.4 cm³/mol. The van der Waals surface area contributed by atoms with Gasteiger partial charge in [-0.05, 0) is 31.5 Å². The molecule has 0 N–H and O–H groups in total. The molecular weight excluding hydrogens is 302 g/mol. The highest BCUT2D eigenvalue weighted by atomic mass is 32.2. The molecule has 6 heteroatoms. The van der Waals surface area contributed by atoms with Gasteiger partial charge in [0, 0.05) is 12.6 Å². The number of nitrogens with zero attached hydrogens (tertiary/aromatic N) is 1. The van der Waals surface area contributed by atoms with Gasteiger partial charge >= 0.3 is 0 Å². The second-order valence-corrected chi connectivity index (χ2v) is 7.77. The van der Waals surface area contributed by atoms with Crippen LogP contribution in [0.3, 0.4) is 0 Å². The molecule has 124 valence electrons. The van der Waals surface area contributed by atoms with Crippen molar-refractivity contribution in [2.45, 2.75) is 25.8 Å². The molecule has 0 spiro atoms. The van der Waals surface area contributed by atoms with Crippen LogP contribution in [0, 0.1) is 0 Å². The fourth-order valence-corrected chi connectivity index (χ4v) is 4.61. The predicted octanol–water partition coefficient (Wildman–Crippen LogP) is 1.97. The first kappa shape index (κ1) is 17.1. The van der Waals surface area contributed by atoms with E-state index in [2.05, 4.69) is 11.8 Å². The van der Waals surface area contributed by atoms with Gasteiger partial charge in [-0.1, -0.05) is 19.1 Å². The highest BCUT2D eigenvalue weighted by Crippen LogP contribution is 2.26. The fraction of sp³-hybridized carbons (Fsp3) is 0.625. The zero-order valence-corrected chi connectivity index (χ0v) is 14.1. The van der Waals surface area contributed by atoms with Gasteiger partial charge in [-0.2, -0.15) is 0 Å². The number of hydrogen-bond acceptors (Lipinski definition) is 5. The van der Waals surface area contributed by atoms with Crippen LogP contribution in [-0.2, 0) is 9.84 Å². The highest BCUT2D eigenvalue weighted by molar-refractivity contribution is 7.91. The summed E-state index contributed by atoms with van der Waals surface area (Å²) in [6.45, 7) is 4.39. The third-order valence-corrected chi connectivity index (χ3v) is 5.80. The van der Waals surface area contributed by atoms with Crippen LogP contribution in [0.1, 0.15) is 19.8 Å². The van der Waals surface area contributed by atoms with Gasteiger partial charge in [-0.15, -0.1) is 0 Å². The molecule has 1 saturated heterocycles. The van der Waals surface area contributed by atoms with Crippen molar-refractivity contribution in [1.82, 2.24) is 4.90 Å². The lowest BCUT2D eigenvalue weighted by Crippen LogP contribution is -2.37. The van der Waals surface area contributed by atoms with E-state index in [1.54, 1.807) is 7.11 Å². The molecule has 1 atom stereocenters. The summed E-state index contributed by atoms with van der Waals surface area (Å²) in [5, 5.41) is 0. The molecule has 1 fully saturated rings. The fourth-order valence-electron chi connectivity index (χ4n) is 2.85. The van der Waals surface area contributed by atoms with Crippen LogP contribution in [0.5, 0.6) is 11.5 Å². The van der Waals surface area contributed by atoms with Crippen molar-refractivity contribution < 1.29 is 17.9 Å². The van der Waals surface area contributed by atoms with E-state index < -0.39 is 9.84 Å². The Labute approximate surface area is 133 Å². The molecule has 1 heterocycles. The van der Waals surface area contributed by atoms with Crippen molar-refractivity contribution >= 4 is 9.84 Å². The van der Waals surface area contributed by atoms with Crippen molar-refractivity contribution in [3.63, 3.8) is 0 Å². The number of methoxy groups -OCH3 is 1. The largest absolute Gasteiger partial charge is 0.493 e. The van der Waals surface area contributed by atoms with E-state index in [0.29, 0.717) is 18.1 Å². The standard InChI is InChI=1S/C16H25NO4S/c1-3-17(14-9-12-22(18,19)13-14)10-6-11-21-16-8-5-4-7-15(16)20-2/h4-5,7-8,14H,3,6,9-13H2,1-2H3/t14-/m0/s1. The zero-order chi connectivity index (χ0) is 16.0. The second-order valence-electron chi connectivity index (χ2n) is 5.54. The van der Waals surface area contributed by atoms with E-state index in [-0.39, 0.29) is 6.04 Å². The normalized spacial score (nSPS) is 20.2. The molecule has 1 aliphatic heterocycles. The number of para-hydroxylation sites is 2. The molecule has 0 radical (unpaired) electrons. The Bertz CT molecular complexity index is 573. The zero-order valence-electron chi connectivity index (χ0n) is 13.3. The van der Waals surface area contributed by atoms with E-state index in [4.69, 9.17) is 9.47 Å². The van der Waals surface area contributed by atoms with Crippen molar-refractivity contribution in [1.29, 1.82) is 0 Å². The van der Waals surface area contributed by atoms with Crippen molar-refractivity contribution in [2.75, 3.05) is 38.3 Å². The van der Waals surface area contributed by atoms with Crippen LogP contribution in [0.2, 0.25) is 0 Å². The van der Waals surface area contributed by atoms with E-state index in [0.717, 1.165) is 37.4 Å². The third kappa shape index (κ3) is 4.61. The summed E-state index contributed by atoms with van der Waals surface area (Å²) in [5.74, 6) is 2.10. The number of hydrogen-bond donors (Lipinski definition) is 0. The average molecular weight is 327 g/mol. The topological polar surface area (TPSA) is 55.8 Å². The van der Waals surface area contributed by atoms with Crippen LogP contribution in [0.15, 0.2) is 24.3 Å². The van der Waals surface area contributed by atoms with Crippen LogP contribution >= 0.6 is 0 Å². The van der Waals surface area contributed by atoms with E-state index >= 15 is 0 Å². The van der Waals surface area contributed by atoms with Crippen LogP contribution in [-0.4, -0.2) is 57.7 Å². The summed E-state index contributed by atoms with van der Waals surface area (Å²) in [6, 6.07) is 7.75. The monoisotopic (exact) mass is 327 g/mol. The molecule has 1 aromatic rings. The average Bonchev–Trinajstić information content (AvgIpc) is 2.87. The third-order valence-electron chi connectivity index (χ3n) is 4.05. The van der Waals surface area contributed by atoms with Gasteiger partial charge in [0.15, 0.2) is 21.3 Å². The van der Waals surface area contributed by atoms with Crippen molar-refractivity contribution in [3.8, 4) is 11.5 Å². The molecular formula is C16H25NO4S. The minimum atomic E-state index is -2.82. The maximum Gasteiger partial charge on any atom is 0.161 e. The molecule has 0 aromatic heterocycles. The molecule has 0 bridgehead atoms. The maximum absolute atomic E-state index is 11.6. The minimum absolute atomic E-state index is 0.168. The van der Waals surface area contributed by atoms with Gasteiger partial charge in [-0.25, -0.2) is 8.42 Å². The van der Waals surface area contributed by atoms with Crippen LogP contribution in [0.25, 0.3) is 0 Å². The van der Waals surface area contributed by atoms with Gasteiger partial charge in [0.05, 0.1) is 25.2 Å². The molecule has 22 heavy (non-hydrogen) atoms. The van der Waals surface area contributed by atoms with Crippen molar-refractivity contribution in [2.24, 2.45) is 0 Å². The Morgan fingerprint density at radius 1 is 1.27 bits per heavy atom. The number of benzene rings is 1. The summed E-state index contributed by atoms with van der Waals surface area (Å²) in [5.41, 5.74) is 0. The lowest BCUT2D eigenvalue weighted by Gasteiger charge is -2.26. The molecule has 0 unspecified atom stereocenters. The molecule has 1 aromatic carbocycles. The highest BCUT2D eigenvalue weighted by Gasteiger charge is 2.31. The first-order chi connectivity index (χ1) is 10.6. The van der Waals surface area contributed by atoms with Crippen molar-refractivity contribution in [3.05, 3.63) is 24.3 Å². The molecule has 0 aliphatic carbocycles. The second kappa shape index (κ2) is 7.83. The molecule has 5 nitrogen and oxygen atoms in total. The van der Waals surface area contributed by atoms with Crippen LogP contribution in [0.4, 0.5) is 0 Å². The Morgan fingerprint density at radius 3 is 2.59 bits per heavy atom. The lowest BCUT2D eigenvalue weighted by molar-refractivity contribution is 0.197. The molecule has 1 aliphatic rings. The van der Waals surface area contributed by atoms with Gasteiger partial charge in [0.25, 0.3) is 0 Å². The Morgan fingerprint density at radius 2 is 2.00 bits per heavy atom. The summed E-state index contributed by atoms with van der Waals surface area (Å²) >= 11 is 0. The quantitative estimate of drug-likeness (QED) is 0.683. The Balaban J connectivity index is 1.77. The van der Waals surface area contributed by atoms with Crippen LogP contribution < -0.4 is 9.47 Å². The van der Waals surface area contributed by atoms with Gasteiger partial charge in [-0.3, -0.25) is 4.90 Å². The SMILES string of the molecule is CCN(CCCOc1ccccc1OC)[C@H]1CCS(=O)(=O)C1. The summed E-state index contributed by atoms with van der Waals surface area (Å²) in [7, 11) is -1.20. The molecule has 0 amide bonds. The van der Waals surface area contributed by atoms with E-state index in [9.17, 15) is 8.42 Å². The van der Waals surface area contributed by atoms with Gasteiger partial charge in [0.1, 0.15) is 0 Å². The van der Waals surface area contributed by atoms with Gasteiger partial charge < -0.3 is 9.47 Å². The molecule has 2 rings (SSSR count). The Kier molecular flexibility index (Phi) is 6.08. The number of rotatable bonds is 8. The summed E-state index contributed by atoms with van der Waals surface area (Å²) in [6.07, 6.45) is 1.62.